The van der Waals surface area contributed by atoms with Crippen LogP contribution in [0.15, 0.2) is 24.3 Å². The van der Waals surface area contributed by atoms with Gasteiger partial charge in [-0.25, -0.2) is 9.59 Å². The molecule has 126 valence electrons. The van der Waals surface area contributed by atoms with E-state index in [2.05, 4.69) is 0 Å². The van der Waals surface area contributed by atoms with Crippen molar-refractivity contribution in [3.63, 3.8) is 0 Å². The standard InChI is InChI=1S/C17H22ClNO4/c1-17(2,3)23-16(22)19-10-12(9-14(19)15(20)21)7-11-5-4-6-13(18)8-11/h4-6,8,12,14H,7,9-10H2,1-3H3,(H,20,21)/t12-,14+/m1/s1. The smallest absolute Gasteiger partial charge is 0.411 e. The van der Waals surface area contributed by atoms with E-state index in [1.54, 1.807) is 26.8 Å². The number of halogens is 1. The summed E-state index contributed by atoms with van der Waals surface area (Å²) in [4.78, 5) is 25.0. The maximum absolute atomic E-state index is 12.2. The van der Waals surface area contributed by atoms with Gasteiger partial charge in [-0.05, 0) is 57.2 Å². The van der Waals surface area contributed by atoms with Gasteiger partial charge >= 0.3 is 12.1 Å². The van der Waals surface area contributed by atoms with Crippen LogP contribution in [0.5, 0.6) is 0 Å². The van der Waals surface area contributed by atoms with Gasteiger partial charge in [0.1, 0.15) is 11.6 Å². The molecular weight excluding hydrogens is 318 g/mol. The van der Waals surface area contributed by atoms with Crippen LogP contribution in [0, 0.1) is 5.92 Å². The molecule has 1 saturated heterocycles. The lowest BCUT2D eigenvalue weighted by molar-refractivity contribution is -0.142. The molecule has 1 heterocycles. The van der Waals surface area contributed by atoms with Crippen molar-refractivity contribution in [2.75, 3.05) is 6.54 Å². The van der Waals surface area contributed by atoms with Crippen molar-refractivity contribution >= 4 is 23.7 Å². The third kappa shape index (κ3) is 4.86. The van der Waals surface area contributed by atoms with Gasteiger partial charge in [0.15, 0.2) is 0 Å². The highest BCUT2D eigenvalue weighted by molar-refractivity contribution is 6.30. The van der Waals surface area contributed by atoms with E-state index in [9.17, 15) is 14.7 Å². The Kier molecular flexibility index (Phi) is 5.19. The maximum Gasteiger partial charge on any atom is 0.411 e. The Labute approximate surface area is 141 Å². The first-order valence-corrected chi connectivity index (χ1v) is 8.00. The molecule has 1 aliphatic rings. The van der Waals surface area contributed by atoms with Crippen molar-refractivity contribution in [2.45, 2.75) is 45.3 Å². The van der Waals surface area contributed by atoms with Crippen molar-refractivity contribution < 1.29 is 19.4 Å². The van der Waals surface area contributed by atoms with Gasteiger partial charge in [-0.2, -0.15) is 0 Å². The highest BCUT2D eigenvalue weighted by Crippen LogP contribution is 2.29. The molecule has 1 N–H and O–H groups in total. The normalized spacial score (nSPS) is 21.3. The molecule has 1 aromatic carbocycles. The highest BCUT2D eigenvalue weighted by Gasteiger charge is 2.41. The van der Waals surface area contributed by atoms with Gasteiger partial charge in [-0.1, -0.05) is 23.7 Å². The number of aliphatic carboxylic acids is 1. The number of rotatable bonds is 3. The summed E-state index contributed by atoms with van der Waals surface area (Å²) in [6.45, 7) is 5.67. The van der Waals surface area contributed by atoms with Gasteiger partial charge in [0, 0.05) is 11.6 Å². The summed E-state index contributed by atoms with van der Waals surface area (Å²) in [5.41, 5.74) is 0.392. The Morgan fingerprint density at radius 1 is 1.39 bits per heavy atom. The molecule has 1 aliphatic heterocycles. The van der Waals surface area contributed by atoms with E-state index in [1.165, 1.54) is 4.90 Å². The van der Waals surface area contributed by atoms with Crippen molar-refractivity contribution in [3.05, 3.63) is 34.9 Å². The van der Waals surface area contributed by atoms with Crippen LogP contribution in [0.3, 0.4) is 0 Å². The number of carboxylic acids is 1. The summed E-state index contributed by atoms with van der Waals surface area (Å²) in [5.74, 6) is -0.925. The second-order valence-electron chi connectivity index (χ2n) is 6.92. The molecular formula is C17H22ClNO4. The maximum atomic E-state index is 12.2. The van der Waals surface area contributed by atoms with Crippen molar-refractivity contribution in [3.8, 4) is 0 Å². The zero-order chi connectivity index (χ0) is 17.2. The molecule has 0 aliphatic carbocycles. The number of carbonyl (C=O) groups excluding carboxylic acids is 1. The Bertz CT molecular complexity index is 597. The second kappa shape index (κ2) is 6.79. The molecule has 23 heavy (non-hydrogen) atoms. The first kappa shape index (κ1) is 17.6. The van der Waals surface area contributed by atoms with Crippen molar-refractivity contribution in [1.29, 1.82) is 0 Å². The molecule has 0 radical (unpaired) electrons. The van der Waals surface area contributed by atoms with Crippen molar-refractivity contribution in [2.24, 2.45) is 5.92 Å². The van der Waals surface area contributed by atoms with Crippen LogP contribution >= 0.6 is 11.6 Å². The Balaban J connectivity index is 2.08. The van der Waals surface area contributed by atoms with Crippen LogP contribution < -0.4 is 0 Å². The van der Waals surface area contributed by atoms with E-state index in [0.717, 1.165) is 5.56 Å². The van der Waals surface area contributed by atoms with E-state index in [0.29, 0.717) is 24.4 Å². The molecule has 0 bridgehead atoms. The van der Waals surface area contributed by atoms with E-state index < -0.39 is 23.7 Å². The van der Waals surface area contributed by atoms with E-state index in [1.807, 2.05) is 18.2 Å². The van der Waals surface area contributed by atoms with Crippen LogP contribution in [0.1, 0.15) is 32.8 Å². The van der Waals surface area contributed by atoms with E-state index >= 15 is 0 Å². The summed E-state index contributed by atoms with van der Waals surface area (Å²) >= 11 is 5.98. The summed E-state index contributed by atoms with van der Waals surface area (Å²) in [6, 6.07) is 6.65. The van der Waals surface area contributed by atoms with Crippen LogP contribution in [0.25, 0.3) is 0 Å². The lowest BCUT2D eigenvalue weighted by Crippen LogP contribution is -2.43. The summed E-state index contributed by atoms with van der Waals surface area (Å²) in [6.07, 6.45) is 0.531. The van der Waals surface area contributed by atoms with Gasteiger partial charge < -0.3 is 9.84 Å². The SMILES string of the molecule is CC(C)(C)OC(=O)N1C[C@H](Cc2cccc(Cl)c2)C[C@H]1C(=O)O. The molecule has 6 heteroatoms. The molecule has 2 atom stereocenters. The minimum atomic E-state index is -0.996. The molecule has 5 nitrogen and oxygen atoms in total. The van der Waals surface area contributed by atoms with Crippen LogP contribution in [-0.4, -0.2) is 40.3 Å². The summed E-state index contributed by atoms with van der Waals surface area (Å²) in [7, 11) is 0. The zero-order valence-electron chi connectivity index (χ0n) is 13.6. The fraction of sp³-hybridized carbons (Fsp3) is 0.529. The Morgan fingerprint density at radius 3 is 2.65 bits per heavy atom. The van der Waals surface area contributed by atoms with Crippen LogP contribution in [-0.2, 0) is 16.0 Å². The molecule has 0 saturated carbocycles. The largest absolute Gasteiger partial charge is 0.480 e. The van der Waals surface area contributed by atoms with Crippen LogP contribution in [0.4, 0.5) is 4.79 Å². The average Bonchev–Trinajstić information content (AvgIpc) is 2.81. The number of hydrogen-bond acceptors (Lipinski definition) is 3. The number of amides is 1. The average molecular weight is 340 g/mol. The van der Waals surface area contributed by atoms with Crippen LogP contribution in [0.2, 0.25) is 5.02 Å². The number of benzene rings is 1. The third-order valence-electron chi connectivity index (χ3n) is 3.71. The molecule has 0 spiro atoms. The van der Waals surface area contributed by atoms with Gasteiger partial charge in [0.25, 0.3) is 0 Å². The van der Waals surface area contributed by atoms with Gasteiger partial charge in [0.2, 0.25) is 0 Å². The number of carbonyl (C=O) groups is 2. The number of hydrogen-bond donors (Lipinski definition) is 1. The molecule has 1 aromatic rings. The first-order chi connectivity index (χ1) is 10.7. The fourth-order valence-electron chi connectivity index (χ4n) is 2.82. The molecule has 1 amide bonds. The molecule has 0 unspecified atom stereocenters. The number of nitrogens with zero attached hydrogens (tertiary/aromatic N) is 1. The quantitative estimate of drug-likeness (QED) is 0.913. The monoisotopic (exact) mass is 339 g/mol. The summed E-state index contributed by atoms with van der Waals surface area (Å²) in [5, 5.41) is 10.0. The number of carboxylic acid groups (broad SMARTS) is 1. The first-order valence-electron chi connectivity index (χ1n) is 7.62. The lowest BCUT2D eigenvalue weighted by Gasteiger charge is -2.26. The van der Waals surface area contributed by atoms with Gasteiger partial charge in [-0.15, -0.1) is 0 Å². The Morgan fingerprint density at radius 2 is 2.09 bits per heavy atom. The Hall–Kier alpha value is -1.75. The number of likely N-dealkylation sites (tertiary alicyclic amines) is 1. The van der Waals surface area contributed by atoms with Gasteiger partial charge in [0.05, 0.1) is 0 Å². The third-order valence-corrected chi connectivity index (χ3v) is 3.95. The summed E-state index contributed by atoms with van der Waals surface area (Å²) < 4.78 is 5.32. The number of ether oxygens (including phenoxy) is 1. The minimum absolute atomic E-state index is 0.0714. The molecule has 2 rings (SSSR count). The zero-order valence-corrected chi connectivity index (χ0v) is 14.3. The second-order valence-corrected chi connectivity index (χ2v) is 7.36. The topological polar surface area (TPSA) is 66.8 Å². The van der Waals surface area contributed by atoms with Crippen molar-refractivity contribution in [1.82, 2.24) is 4.90 Å². The van der Waals surface area contributed by atoms with E-state index in [-0.39, 0.29) is 5.92 Å². The van der Waals surface area contributed by atoms with Gasteiger partial charge in [-0.3, -0.25) is 4.90 Å². The predicted octanol–water partition coefficient (Wildman–Crippen LogP) is 3.59. The minimum Gasteiger partial charge on any atom is -0.480 e. The molecule has 1 fully saturated rings. The predicted molar refractivity (Wildman–Crippen MR) is 87.6 cm³/mol. The highest BCUT2D eigenvalue weighted by atomic mass is 35.5. The fourth-order valence-corrected chi connectivity index (χ4v) is 3.04. The van der Waals surface area contributed by atoms with E-state index in [4.69, 9.17) is 16.3 Å². The molecule has 0 aromatic heterocycles. The lowest BCUT2D eigenvalue weighted by atomic mass is 9.97.